The lowest BCUT2D eigenvalue weighted by Gasteiger charge is -2.38. The molecule has 2 heterocycles. The summed E-state index contributed by atoms with van der Waals surface area (Å²) < 4.78 is 12.3. The molecule has 2 aliphatic rings. The van der Waals surface area contributed by atoms with Crippen LogP contribution in [0.5, 0.6) is 11.5 Å². The average Bonchev–Trinajstić information content (AvgIpc) is 2.73. The molecule has 0 radical (unpaired) electrons. The predicted molar refractivity (Wildman–Crippen MR) is 124 cm³/mol. The van der Waals surface area contributed by atoms with Gasteiger partial charge in [-0.15, -0.1) is 0 Å². The second kappa shape index (κ2) is 8.28. The number of likely N-dealkylation sites (N-methyl/N-ethyl adjacent to an activating group) is 1. The topological polar surface area (TPSA) is 54.0 Å². The average molecular weight is 488 g/mol. The van der Waals surface area contributed by atoms with Gasteiger partial charge >= 0.3 is 0 Å². The Labute approximate surface area is 189 Å². The summed E-state index contributed by atoms with van der Waals surface area (Å²) in [6.45, 7) is 2.96. The van der Waals surface area contributed by atoms with Crippen molar-refractivity contribution in [1.29, 1.82) is 0 Å². The van der Waals surface area contributed by atoms with Crippen LogP contribution in [0.4, 0.5) is 5.69 Å². The van der Waals surface area contributed by atoms with E-state index in [2.05, 4.69) is 21.2 Å². The number of halogens is 1. The van der Waals surface area contributed by atoms with E-state index in [0.29, 0.717) is 35.4 Å². The number of nitrogens with one attached hydrogen (secondary N) is 1. The molecule has 30 heavy (non-hydrogen) atoms. The summed E-state index contributed by atoms with van der Waals surface area (Å²) in [6.07, 6.45) is 0. The van der Waals surface area contributed by atoms with Crippen molar-refractivity contribution in [3.05, 3.63) is 63.8 Å². The van der Waals surface area contributed by atoms with Crippen LogP contribution in [0.15, 0.2) is 58.2 Å². The number of hydrogen-bond donors (Lipinski definition) is 1. The van der Waals surface area contributed by atoms with E-state index < -0.39 is 0 Å². The summed E-state index contributed by atoms with van der Waals surface area (Å²) in [5, 5.41) is 3.88. The maximum absolute atomic E-state index is 13.2. The van der Waals surface area contributed by atoms with Crippen molar-refractivity contribution >= 4 is 44.9 Å². The molecular formula is C22H22BrN3O3S. The van der Waals surface area contributed by atoms with Gasteiger partial charge in [-0.2, -0.15) is 0 Å². The van der Waals surface area contributed by atoms with Gasteiger partial charge in [0.25, 0.3) is 5.91 Å². The summed E-state index contributed by atoms with van der Waals surface area (Å²) >= 11 is 9.19. The maximum Gasteiger partial charge on any atom is 0.253 e. The van der Waals surface area contributed by atoms with Crippen molar-refractivity contribution in [2.24, 2.45) is 0 Å². The van der Waals surface area contributed by atoms with E-state index in [0.717, 1.165) is 21.4 Å². The highest BCUT2D eigenvalue weighted by molar-refractivity contribution is 9.10. The van der Waals surface area contributed by atoms with E-state index >= 15 is 0 Å². The van der Waals surface area contributed by atoms with E-state index in [1.54, 1.807) is 19.0 Å². The van der Waals surface area contributed by atoms with Crippen LogP contribution in [0.25, 0.3) is 0 Å². The second-order valence-electron chi connectivity index (χ2n) is 7.30. The van der Waals surface area contributed by atoms with Crippen molar-refractivity contribution in [1.82, 2.24) is 10.2 Å². The fourth-order valence-corrected chi connectivity index (χ4v) is 4.27. The number of benzene rings is 2. The predicted octanol–water partition coefficient (Wildman–Crippen LogP) is 4.02. The zero-order valence-corrected chi connectivity index (χ0v) is 19.3. The third kappa shape index (κ3) is 3.77. The largest absolute Gasteiger partial charge is 0.486 e. The van der Waals surface area contributed by atoms with E-state index in [4.69, 9.17) is 21.7 Å². The highest BCUT2D eigenvalue weighted by atomic mass is 79.9. The molecule has 6 nitrogen and oxygen atoms in total. The number of nitrogens with zero attached hydrogens (tertiary/aromatic N) is 2. The van der Waals surface area contributed by atoms with Gasteiger partial charge in [0.2, 0.25) is 0 Å². The zero-order valence-electron chi connectivity index (χ0n) is 16.9. The third-order valence-corrected chi connectivity index (χ3v) is 5.94. The van der Waals surface area contributed by atoms with Gasteiger partial charge < -0.3 is 19.7 Å². The Balaban J connectivity index is 1.81. The summed E-state index contributed by atoms with van der Waals surface area (Å²) in [5.41, 5.74) is 3.20. The highest BCUT2D eigenvalue weighted by Gasteiger charge is 2.35. The Morgan fingerprint density at radius 2 is 1.80 bits per heavy atom. The SMILES string of the molecule is CC1=C(C(=O)N(C)C)[C@@H](c2ccc(Br)cc2)NC(=S)N1c1ccc2c(c1)OCCO2. The second-order valence-corrected chi connectivity index (χ2v) is 8.60. The van der Waals surface area contributed by atoms with Crippen LogP contribution in [0.3, 0.4) is 0 Å². The molecule has 156 valence electrons. The van der Waals surface area contributed by atoms with Crippen molar-refractivity contribution in [2.75, 3.05) is 32.2 Å². The fraction of sp³-hybridized carbons (Fsp3) is 0.273. The molecule has 2 aromatic carbocycles. The van der Waals surface area contributed by atoms with Gasteiger partial charge in [0.15, 0.2) is 16.6 Å². The first-order valence-corrected chi connectivity index (χ1v) is 10.7. The normalized spacial score (nSPS) is 18.2. The Hall–Kier alpha value is -2.58. The number of amides is 1. The van der Waals surface area contributed by atoms with Crippen LogP contribution in [0.2, 0.25) is 0 Å². The molecule has 1 N–H and O–H groups in total. The number of carbonyl (C=O) groups excluding carboxylic acids is 1. The molecule has 1 atom stereocenters. The first-order valence-electron chi connectivity index (χ1n) is 9.55. The minimum atomic E-state index is -0.339. The molecule has 0 spiro atoms. The van der Waals surface area contributed by atoms with E-state index in [1.165, 1.54) is 0 Å². The molecule has 2 aliphatic heterocycles. The maximum atomic E-state index is 13.2. The number of anilines is 1. The lowest BCUT2D eigenvalue weighted by atomic mass is 9.94. The number of hydrogen-bond acceptors (Lipinski definition) is 4. The minimum Gasteiger partial charge on any atom is -0.486 e. The summed E-state index contributed by atoms with van der Waals surface area (Å²) in [6, 6.07) is 13.2. The molecule has 0 bridgehead atoms. The van der Waals surface area contributed by atoms with Crippen LogP contribution in [-0.4, -0.2) is 43.2 Å². The minimum absolute atomic E-state index is 0.0713. The van der Waals surface area contributed by atoms with Crippen molar-refractivity contribution in [2.45, 2.75) is 13.0 Å². The van der Waals surface area contributed by atoms with Crippen LogP contribution in [-0.2, 0) is 4.79 Å². The first-order chi connectivity index (χ1) is 14.4. The number of carbonyl (C=O) groups is 1. The van der Waals surface area contributed by atoms with Crippen LogP contribution < -0.4 is 19.7 Å². The molecule has 0 saturated heterocycles. The van der Waals surface area contributed by atoms with Crippen molar-refractivity contribution in [3.8, 4) is 11.5 Å². The molecular weight excluding hydrogens is 466 g/mol. The van der Waals surface area contributed by atoms with Gasteiger partial charge in [-0.25, -0.2) is 0 Å². The molecule has 0 aliphatic carbocycles. The Kier molecular flexibility index (Phi) is 5.71. The molecule has 8 heteroatoms. The molecule has 4 rings (SSSR count). The fourth-order valence-electron chi connectivity index (χ4n) is 3.65. The van der Waals surface area contributed by atoms with E-state index in [-0.39, 0.29) is 11.9 Å². The zero-order chi connectivity index (χ0) is 21.4. The molecule has 0 saturated carbocycles. The quantitative estimate of drug-likeness (QED) is 0.659. The van der Waals surface area contributed by atoms with Gasteiger partial charge in [0, 0.05) is 30.3 Å². The lowest BCUT2D eigenvalue weighted by Crippen LogP contribution is -2.49. The Morgan fingerprint density at radius 3 is 2.47 bits per heavy atom. The molecule has 0 fully saturated rings. The lowest BCUT2D eigenvalue weighted by molar-refractivity contribution is -0.125. The van der Waals surface area contributed by atoms with Crippen molar-refractivity contribution in [3.63, 3.8) is 0 Å². The van der Waals surface area contributed by atoms with Crippen LogP contribution >= 0.6 is 28.1 Å². The van der Waals surface area contributed by atoms with Gasteiger partial charge in [0.1, 0.15) is 13.2 Å². The first kappa shape index (κ1) is 20.7. The standard InChI is InChI=1S/C22H22BrN3O3S/c1-13-19(21(27)25(2)3)20(14-4-6-15(23)7-5-14)24-22(30)26(13)16-8-9-17-18(12-16)29-11-10-28-17/h4-9,12,20H,10-11H2,1-3H3,(H,24,30)/t20-/m1/s1. The number of rotatable bonds is 3. The monoisotopic (exact) mass is 487 g/mol. The number of allylic oxidation sites excluding steroid dienone is 1. The molecule has 0 unspecified atom stereocenters. The van der Waals surface area contributed by atoms with Crippen molar-refractivity contribution < 1.29 is 14.3 Å². The Morgan fingerprint density at radius 1 is 1.13 bits per heavy atom. The van der Waals surface area contributed by atoms with E-state index in [9.17, 15) is 4.79 Å². The van der Waals surface area contributed by atoms with E-state index in [1.807, 2.05) is 54.3 Å². The summed E-state index contributed by atoms with van der Waals surface area (Å²) in [5.74, 6) is 1.31. The number of thiocarbonyl (C=S) groups is 1. The van der Waals surface area contributed by atoms with Crippen LogP contribution in [0, 0.1) is 0 Å². The van der Waals surface area contributed by atoms with Gasteiger partial charge in [-0.1, -0.05) is 28.1 Å². The summed E-state index contributed by atoms with van der Waals surface area (Å²) in [4.78, 5) is 16.6. The molecule has 0 aromatic heterocycles. The van der Waals surface area contributed by atoms with Gasteiger partial charge in [-0.3, -0.25) is 9.69 Å². The molecule has 2 aromatic rings. The van der Waals surface area contributed by atoms with Gasteiger partial charge in [0.05, 0.1) is 17.3 Å². The Bertz CT molecular complexity index is 1040. The highest BCUT2D eigenvalue weighted by Crippen LogP contribution is 2.39. The number of ether oxygens (including phenoxy) is 2. The van der Waals surface area contributed by atoms with Gasteiger partial charge in [-0.05, 0) is 49.0 Å². The number of fused-ring (bicyclic) bond motifs is 1. The van der Waals surface area contributed by atoms with Crippen LogP contribution in [0.1, 0.15) is 18.5 Å². The smallest absolute Gasteiger partial charge is 0.253 e. The summed E-state index contributed by atoms with van der Waals surface area (Å²) in [7, 11) is 3.51. The third-order valence-electron chi connectivity index (χ3n) is 5.11. The molecule has 1 amide bonds.